The Morgan fingerprint density at radius 2 is 1.18 bits per heavy atom. The van der Waals surface area contributed by atoms with E-state index in [1.54, 1.807) is 28.8 Å². The fraction of sp³-hybridized carbons (Fsp3) is 0.308. The number of para-hydroxylation sites is 3. The Morgan fingerprint density at radius 3 is 1.87 bits per heavy atom. The number of benzene rings is 8. The molecule has 6 heteroatoms. The van der Waals surface area contributed by atoms with Crippen LogP contribution in [0.3, 0.4) is 0 Å². The number of aromatic nitrogens is 2. The van der Waals surface area contributed by atoms with Crippen molar-refractivity contribution in [2.45, 2.75) is 156 Å². The van der Waals surface area contributed by atoms with Crippen LogP contribution in [0.15, 0.2) is 170 Å². The van der Waals surface area contributed by atoms with Gasteiger partial charge in [-0.05, 0) is 137 Å². The van der Waals surface area contributed by atoms with Crippen molar-refractivity contribution in [3.05, 3.63) is 222 Å². The summed E-state index contributed by atoms with van der Waals surface area (Å²) in [5.41, 5.74) is 10.1. The molecule has 0 saturated heterocycles. The van der Waals surface area contributed by atoms with Crippen molar-refractivity contribution in [3.8, 4) is 50.7 Å². The predicted octanol–water partition coefficient (Wildman–Crippen LogP) is 21.5. The van der Waals surface area contributed by atoms with Gasteiger partial charge < -0.3 is 19.1 Å². The molecule has 0 saturated carbocycles. The maximum Gasteiger partial charge on any atom is 0.135 e. The van der Waals surface area contributed by atoms with Crippen LogP contribution in [0.4, 0.5) is 22.7 Å². The van der Waals surface area contributed by atoms with E-state index < -0.39 is 46.5 Å². The minimum atomic E-state index is -0.701. The van der Waals surface area contributed by atoms with Crippen molar-refractivity contribution in [1.82, 2.24) is 9.55 Å². The van der Waals surface area contributed by atoms with Crippen molar-refractivity contribution in [2.24, 2.45) is 0 Å². The monoisotopic (exact) mass is 1300 g/mol. The first-order valence-electron chi connectivity index (χ1n) is 34.9. The van der Waals surface area contributed by atoms with Crippen molar-refractivity contribution < 1.29 is 42.3 Å². The van der Waals surface area contributed by atoms with Crippen LogP contribution in [0, 0.1) is 18.8 Å². The summed E-state index contributed by atoms with van der Waals surface area (Å²) < 4.78 is 118. The van der Waals surface area contributed by atoms with Gasteiger partial charge in [-0.3, -0.25) is 0 Å². The summed E-state index contributed by atoms with van der Waals surface area (Å²) in [6.45, 7) is 36.1. The maximum absolute atomic E-state index is 10.3. The number of fused-ring (bicyclic) bond motifs is 5. The molecule has 0 bridgehead atoms. The minimum Gasteiger partial charge on any atom is -0.509 e. The van der Waals surface area contributed by atoms with Gasteiger partial charge in [-0.2, -0.15) is 12.1 Å². The van der Waals surface area contributed by atoms with Gasteiger partial charge in [-0.25, -0.2) is 4.98 Å². The Bertz CT molecular complexity index is 4860. The number of hydrogen-bond donors (Lipinski definition) is 0. The van der Waals surface area contributed by atoms with Crippen LogP contribution in [0.5, 0.6) is 11.5 Å². The van der Waals surface area contributed by atoms with Crippen LogP contribution in [0.1, 0.15) is 173 Å². The Morgan fingerprint density at radius 1 is 0.536 bits per heavy atom. The Labute approximate surface area is 532 Å². The molecule has 1 aliphatic carbocycles. The quantitative estimate of drug-likeness (QED) is 0.142. The van der Waals surface area contributed by atoms with Crippen molar-refractivity contribution >= 4 is 44.6 Å². The molecule has 84 heavy (non-hydrogen) atoms. The molecule has 0 N–H and O–H groups in total. The van der Waals surface area contributed by atoms with Crippen LogP contribution >= 0.6 is 0 Å². The zero-order chi connectivity index (χ0) is 69.2. The fourth-order valence-corrected chi connectivity index (χ4v) is 12.0. The van der Waals surface area contributed by atoms with E-state index in [2.05, 4.69) is 140 Å². The molecule has 0 fully saturated rings. The zero-order valence-electron chi connectivity index (χ0n) is 63.2. The third-order valence-corrected chi connectivity index (χ3v) is 16.8. The van der Waals surface area contributed by atoms with Crippen LogP contribution in [-0.2, 0) is 53.6 Å². The molecular formula is C78H81N4OPt-3. The molecule has 5 nitrogen and oxygen atoms in total. The third kappa shape index (κ3) is 10.6. The number of nitrogens with zero attached hydrogens (tertiary/aromatic N) is 4. The fourth-order valence-electron chi connectivity index (χ4n) is 12.0. The molecule has 432 valence electrons. The Balaban J connectivity index is 0.00000936. The molecule has 12 rings (SSSR count). The molecule has 0 radical (unpaired) electrons. The second-order valence-corrected chi connectivity index (χ2v) is 28.0. The van der Waals surface area contributed by atoms with Crippen molar-refractivity contribution in [1.29, 1.82) is 0 Å². The van der Waals surface area contributed by atoms with E-state index in [0.717, 1.165) is 52.2 Å². The molecule has 1 aliphatic heterocycles. The molecule has 10 aromatic rings. The zero-order valence-corrected chi connectivity index (χ0v) is 53.5. The Hall–Kier alpha value is -7.20. The first-order valence-corrected chi connectivity index (χ1v) is 28.9. The first-order chi connectivity index (χ1) is 44.1. The van der Waals surface area contributed by atoms with E-state index in [9.17, 15) is 6.85 Å². The Kier molecular flexibility index (Phi) is 11.3. The average Bonchev–Trinajstić information content (AvgIpc) is 1.48. The van der Waals surface area contributed by atoms with Gasteiger partial charge in [-0.1, -0.05) is 213 Å². The number of pyridine rings is 1. The van der Waals surface area contributed by atoms with E-state index in [1.807, 2.05) is 65.8 Å². The summed E-state index contributed by atoms with van der Waals surface area (Å²) in [5, 5.41) is 0.681. The van der Waals surface area contributed by atoms with E-state index in [-0.39, 0.29) is 108 Å². The van der Waals surface area contributed by atoms with E-state index in [1.165, 1.54) is 17.3 Å². The summed E-state index contributed by atoms with van der Waals surface area (Å²) >= 11 is 0. The minimum absolute atomic E-state index is 0. The summed E-state index contributed by atoms with van der Waals surface area (Å²) in [5.74, 6) is 0.787. The van der Waals surface area contributed by atoms with Crippen LogP contribution in [0.25, 0.3) is 61.0 Å². The third-order valence-electron chi connectivity index (χ3n) is 16.8. The molecule has 2 aliphatic rings. The predicted molar refractivity (Wildman–Crippen MR) is 351 cm³/mol. The maximum atomic E-state index is 10.3. The van der Waals surface area contributed by atoms with Gasteiger partial charge in [0.1, 0.15) is 5.82 Å². The number of hydrogen-bond acceptors (Lipinski definition) is 4. The van der Waals surface area contributed by atoms with E-state index in [4.69, 9.17) is 19.3 Å². The summed E-state index contributed by atoms with van der Waals surface area (Å²) in [6.07, 6.45) is 3.54. The average molecular weight is 1300 g/mol. The van der Waals surface area contributed by atoms with Gasteiger partial charge in [0, 0.05) is 78.0 Å². The van der Waals surface area contributed by atoms with Gasteiger partial charge in [0.25, 0.3) is 0 Å². The standard InChI is InChI=1S/C78H81N4O.Pt/c1-73(2,3)52-34-36-57(64(44-52)75(7,8)9)61-43-53(74(4,5)6)42-60(51-33-38-63-66(41-51)78(15,16)40-39-77(63,13)14)72(61)81-49-80(68-31-22-23-32-69(68)81)54-27-24-28-55(45-54)83-56-35-37-59-58-29-20-21-30-67(58)82(70(59)46-56)71-47-65(76(10,11)12)62(48-79-71)50-25-18-17-19-26-50;/h17-38,41-44,47-49H,39-40H2,1-16H3;/q-3;/i17D,18D,19D,20D,21D,25D,26D,29D,30D,34D,36D,44D;. The first kappa shape index (κ1) is 45.2. The molecule has 0 amide bonds. The van der Waals surface area contributed by atoms with Gasteiger partial charge in [-0.15, -0.1) is 48.1 Å². The van der Waals surface area contributed by atoms with Gasteiger partial charge in [0.05, 0.1) is 16.4 Å². The number of ether oxygens (including phenoxy) is 1. The summed E-state index contributed by atoms with van der Waals surface area (Å²) in [7, 11) is 0. The topological polar surface area (TPSA) is 33.5 Å². The molecule has 8 aromatic carbocycles. The van der Waals surface area contributed by atoms with E-state index >= 15 is 0 Å². The molecule has 0 atom stereocenters. The van der Waals surface area contributed by atoms with Gasteiger partial charge in [0.2, 0.25) is 0 Å². The number of rotatable bonds is 8. The van der Waals surface area contributed by atoms with Crippen molar-refractivity contribution in [3.63, 3.8) is 0 Å². The molecule has 0 unspecified atom stereocenters. The molecule has 0 spiro atoms. The SMILES string of the molecule is [2H]c1c([2H])c([2H])c(-c2cnc(-n3c4[c-]c(Oc5[c-]c(N6[CH-]N(c7c(-c8ccc9c(c8)C(C)(C)CCC9(C)C)cc(C(C)(C)C)cc7-c7c([2H])c([2H])c(C(C)(C)C)c([2H])c7C(C)(C)C)c7ccccc76)ccc5)ccc4c4c([2H])c([2H])c([2H])c([2H])c43)cc2C(C)(C)C)c([2H])c1[2H].[Pt]. The largest absolute Gasteiger partial charge is 0.509 e. The van der Waals surface area contributed by atoms with Crippen LogP contribution < -0.4 is 14.5 Å². The second-order valence-electron chi connectivity index (χ2n) is 28.0. The van der Waals surface area contributed by atoms with Crippen molar-refractivity contribution in [2.75, 3.05) is 9.80 Å². The van der Waals surface area contributed by atoms with Gasteiger partial charge in [0.15, 0.2) is 0 Å². The number of anilines is 4. The second kappa shape index (κ2) is 21.1. The molecule has 2 aromatic heterocycles. The van der Waals surface area contributed by atoms with Gasteiger partial charge >= 0.3 is 0 Å². The van der Waals surface area contributed by atoms with Crippen LogP contribution in [-0.4, -0.2) is 9.55 Å². The summed E-state index contributed by atoms with van der Waals surface area (Å²) in [4.78, 5) is 9.13. The summed E-state index contributed by atoms with van der Waals surface area (Å²) in [6, 6.07) is 34.1. The molecule has 3 heterocycles. The van der Waals surface area contributed by atoms with E-state index in [0.29, 0.717) is 50.2 Å². The van der Waals surface area contributed by atoms with Crippen LogP contribution in [0.2, 0.25) is 0 Å². The molecular weight excluding hydrogens is 1200 g/mol. The smallest absolute Gasteiger partial charge is 0.135 e. The normalized spacial score (nSPS) is 17.0.